The average Bonchev–Trinajstić information content (AvgIpc) is 3.04. The van der Waals surface area contributed by atoms with Gasteiger partial charge >= 0.3 is 0 Å². The number of hydrogen-bond acceptors (Lipinski definition) is 6. The summed E-state index contributed by atoms with van der Waals surface area (Å²) < 4.78 is 13.1. The molecule has 2 N–H and O–H groups in total. The number of rotatable bonds is 7. The van der Waals surface area contributed by atoms with Crippen LogP contribution in [-0.2, 0) is 11.2 Å². The van der Waals surface area contributed by atoms with Crippen LogP contribution in [0.5, 0.6) is 5.75 Å². The molecule has 7 heteroatoms. The Morgan fingerprint density at radius 2 is 2.12 bits per heavy atom. The van der Waals surface area contributed by atoms with Crippen LogP contribution in [0.1, 0.15) is 25.1 Å². The molecule has 1 fully saturated rings. The zero-order chi connectivity index (χ0) is 16.8. The van der Waals surface area contributed by atoms with Crippen LogP contribution in [-0.4, -0.2) is 46.9 Å². The highest BCUT2D eigenvalue weighted by Gasteiger charge is 2.18. The molecule has 3 rings (SSSR count). The molecule has 2 aromatic rings. The first kappa shape index (κ1) is 17.3. The fraction of sp³-hybridized carbons (Fsp3) is 0.529. The molecule has 1 aliphatic rings. The molecule has 0 aliphatic carbocycles. The van der Waals surface area contributed by atoms with Gasteiger partial charge in [0.2, 0.25) is 0 Å². The van der Waals surface area contributed by atoms with E-state index in [1.54, 1.807) is 18.9 Å². The predicted molar refractivity (Wildman–Crippen MR) is 95.0 cm³/mol. The summed E-state index contributed by atoms with van der Waals surface area (Å²) in [6.07, 6.45) is 4.54. The van der Waals surface area contributed by atoms with Crippen LogP contribution in [0, 0.1) is 0 Å². The summed E-state index contributed by atoms with van der Waals surface area (Å²) in [6.45, 7) is 1.42. The molecule has 1 aromatic carbocycles. The molecule has 0 spiro atoms. The van der Waals surface area contributed by atoms with Crippen molar-refractivity contribution in [1.29, 1.82) is 0 Å². The van der Waals surface area contributed by atoms with Crippen LogP contribution in [0.4, 0.5) is 0 Å². The molecule has 1 atom stereocenters. The third-order valence-corrected chi connectivity index (χ3v) is 5.13. The third-order valence-electron chi connectivity index (χ3n) is 4.07. The van der Waals surface area contributed by atoms with Gasteiger partial charge in [-0.25, -0.2) is 0 Å². The van der Waals surface area contributed by atoms with Crippen molar-refractivity contribution in [1.82, 2.24) is 14.8 Å². The van der Waals surface area contributed by atoms with Crippen molar-refractivity contribution in [3.8, 4) is 11.4 Å². The van der Waals surface area contributed by atoms with Crippen molar-refractivity contribution in [2.75, 3.05) is 26.0 Å². The van der Waals surface area contributed by atoms with Gasteiger partial charge < -0.3 is 15.2 Å². The molecular weight excluding hydrogens is 324 g/mol. The van der Waals surface area contributed by atoms with Crippen molar-refractivity contribution >= 4 is 11.8 Å². The van der Waals surface area contributed by atoms with Crippen molar-refractivity contribution in [3.05, 3.63) is 30.1 Å². The molecule has 6 nitrogen and oxygen atoms in total. The summed E-state index contributed by atoms with van der Waals surface area (Å²) >= 11 is 1.70. The van der Waals surface area contributed by atoms with E-state index in [0.717, 1.165) is 41.2 Å². The van der Waals surface area contributed by atoms with E-state index < -0.39 is 0 Å². The van der Waals surface area contributed by atoms with Crippen molar-refractivity contribution in [3.63, 3.8) is 0 Å². The molecule has 24 heavy (non-hydrogen) atoms. The summed E-state index contributed by atoms with van der Waals surface area (Å²) in [4.78, 5) is 0. The number of benzene rings is 1. The van der Waals surface area contributed by atoms with E-state index in [4.69, 9.17) is 15.2 Å². The topological polar surface area (TPSA) is 75.2 Å². The molecule has 0 radical (unpaired) electrons. The Morgan fingerprint density at radius 3 is 2.79 bits per heavy atom. The normalized spacial score (nSPS) is 17.8. The van der Waals surface area contributed by atoms with E-state index in [0.29, 0.717) is 19.1 Å². The Bertz CT molecular complexity index is 639. The molecule has 1 saturated heterocycles. The van der Waals surface area contributed by atoms with E-state index in [-0.39, 0.29) is 0 Å². The lowest BCUT2D eigenvalue weighted by Crippen LogP contribution is -2.21. The van der Waals surface area contributed by atoms with Gasteiger partial charge in [-0.3, -0.25) is 4.57 Å². The summed E-state index contributed by atoms with van der Waals surface area (Å²) in [6, 6.07) is 7.92. The summed E-state index contributed by atoms with van der Waals surface area (Å²) in [5, 5.41) is 9.59. The van der Waals surface area contributed by atoms with Gasteiger partial charge in [-0.15, -0.1) is 10.2 Å². The Hall–Kier alpha value is -1.57. The number of methoxy groups -OCH3 is 1. The fourth-order valence-electron chi connectivity index (χ4n) is 2.78. The Balaban J connectivity index is 1.80. The summed E-state index contributed by atoms with van der Waals surface area (Å²) in [5.74, 6) is 2.61. The molecule has 0 saturated carbocycles. The lowest BCUT2D eigenvalue weighted by atomic mass is 10.1. The second kappa shape index (κ2) is 8.50. The number of ether oxygens (including phenoxy) is 2. The average molecular weight is 348 g/mol. The van der Waals surface area contributed by atoms with E-state index >= 15 is 0 Å². The van der Waals surface area contributed by atoms with E-state index in [2.05, 4.69) is 14.8 Å². The first-order valence-electron chi connectivity index (χ1n) is 8.35. The lowest BCUT2D eigenvalue weighted by molar-refractivity contribution is 0.0315. The van der Waals surface area contributed by atoms with Gasteiger partial charge in [0.25, 0.3) is 0 Å². The van der Waals surface area contributed by atoms with Gasteiger partial charge in [0.15, 0.2) is 5.16 Å². The highest BCUT2D eigenvalue weighted by molar-refractivity contribution is 7.99. The Labute approximate surface area is 146 Å². The summed E-state index contributed by atoms with van der Waals surface area (Å²) in [7, 11) is 1.67. The van der Waals surface area contributed by atoms with Gasteiger partial charge in [0, 0.05) is 24.5 Å². The van der Waals surface area contributed by atoms with Gasteiger partial charge in [-0.2, -0.15) is 0 Å². The molecule has 130 valence electrons. The van der Waals surface area contributed by atoms with E-state index in [1.807, 2.05) is 24.3 Å². The maximum Gasteiger partial charge on any atom is 0.195 e. The first-order chi connectivity index (χ1) is 11.8. The molecule has 0 bridgehead atoms. The van der Waals surface area contributed by atoms with E-state index in [9.17, 15) is 0 Å². The highest BCUT2D eigenvalue weighted by Crippen LogP contribution is 2.26. The minimum Gasteiger partial charge on any atom is -0.497 e. The minimum atomic E-state index is 0.308. The fourth-order valence-corrected chi connectivity index (χ4v) is 3.82. The predicted octanol–water partition coefficient (Wildman–Crippen LogP) is 2.44. The Kier molecular flexibility index (Phi) is 6.12. The first-order valence-corrected chi connectivity index (χ1v) is 9.33. The maximum atomic E-state index is 5.82. The number of hydrogen-bond donors (Lipinski definition) is 1. The lowest BCUT2D eigenvalue weighted by Gasteiger charge is -2.22. The third kappa shape index (κ3) is 4.09. The number of nitrogens with zero attached hydrogens (tertiary/aromatic N) is 3. The quantitative estimate of drug-likeness (QED) is 0.775. The minimum absolute atomic E-state index is 0.308. The number of thioether (sulfide) groups is 1. The zero-order valence-electron chi connectivity index (χ0n) is 14.0. The molecule has 0 amide bonds. The van der Waals surface area contributed by atoms with Gasteiger partial charge in [-0.05, 0) is 50.1 Å². The van der Waals surface area contributed by atoms with Gasteiger partial charge in [-0.1, -0.05) is 11.8 Å². The largest absolute Gasteiger partial charge is 0.497 e. The van der Waals surface area contributed by atoms with E-state index in [1.165, 1.54) is 12.8 Å². The SMILES string of the molecule is COc1ccc(-n2c(CCN)nnc2SC[C@@H]2CCCCO2)cc1. The van der Waals surface area contributed by atoms with Crippen molar-refractivity contribution < 1.29 is 9.47 Å². The van der Waals surface area contributed by atoms with Crippen LogP contribution in [0.3, 0.4) is 0 Å². The van der Waals surface area contributed by atoms with Crippen LogP contribution in [0.2, 0.25) is 0 Å². The molecule has 1 aliphatic heterocycles. The molecule has 1 aromatic heterocycles. The van der Waals surface area contributed by atoms with Crippen LogP contribution >= 0.6 is 11.8 Å². The monoisotopic (exact) mass is 348 g/mol. The second-order valence-corrected chi connectivity index (χ2v) is 6.76. The number of nitrogens with two attached hydrogens (primary N) is 1. The van der Waals surface area contributed by atoms with Crippen molar-refractivity contribution in [2.45, 2.75) is 36.9 Å². The number of aromatic nitrogens is 3. The smallest absolute Gasteiger partial charge is 0.195 e. The van der Waals surface area contributed by atoms with Gasteiger partial charge in [0.1, 0.15) is 11.6 Å². The molecule has 2 heterocycles. The Morgan fingerprint density at radius 1 is 1.29 bits per heavy atom. The molecule has 0 unspecified atom stereocenters. The van der Waals surface area contributed by atoms with Crippen molar-refractivity contribution in [2.24, 2.45) is 5.73 Å². The van der Waals surface area contributed by atoms with Crippen LogP contribution in [0.25, 0.3) is 5.69 Å². The standard InChI is InChI=1S/C17H24N4O2S/c1-22-14-7-5-13(6-8-14)21-16(9-10-18)19-20-17(21)24-12-15-4-2-3-11-23-15/h5-8,15H,2-4,9-12,18H2,1H3/t15-/m0/s1. The van der Waals surface area contributed by atoms with Gasteiger partial charge in [0.05, 0.1) is 13.2 Å². The van der Waals surface area contributed by atoms with Crippen LogP contribution in [0.15, 0.2) is 29.4 Å². The maximum absolute atomic E-state index is 5.82. The second-order valence-electron chi connectivity index (χ2n) is 5.77. The zero-order valence-corrected chi connectivity index (χ0v) is 14.8. The molecular formula is C17H24N4O2S. The van der Waals surface area contributed by atoms with Crippen LogP contribution < -0.4 is 10.5 Å². The highest BCUT2D eigenvalue weighted by atomic mass is 32.2. The summed E-state index contributed by atoms with van der Waals surface area (Å²) in [5.41, 5.74) is 6.75.